The van der Waals surface area contributed by atoms with Gasteiger partial charge in [0, 0.05) is 0 Å². The first kappa shape index (κ1) is 14.0. The Morgan fingerprint density at radius 1 is 0.500 bits per heavy atom. The maximum atomic E-state index is 13.2. The molecule has 0 aliphatic rings. The Morgan fingerprint density at radius 3 is 0.643 bits per heavy atom. The molecule has 0 aliphatic heterocycles. The molecule has 0 saturated heterocycles. The summed E-state index contributed by atoms with van der Waals surface area (Å²) in [6.45, 7) is 18.5. The second-order valence-electron chi connectivity index (χ2n) is 7.43. The van der Waals surface area contributed by atoms with Gasteiger partial charge in [0.05, 0.1) is 0 Å². The highest BCUT2D eigenvalue weighted by Crippen LogP contribution is 2.54. The van der Waals surface area contributed by atoms with E-state index in [4.69, 9.17) is 0 Å². The van der Waals surface area contributed by atoms with Gasteiger partial charge in [0.2, 0.25) is 0 Å². The fourth-order valence-electron chi connectivity index (χ4n) is 3.38. The molecule has 0 aliphatic carbocycles. The van der Waals surface area contributed by atoms with Crippen LogP contribution in [0.15, 0.2) is 0 Å². The Morgan fingerprint density at radius 2 is 0.643 bits per heavy atom. The summed E-state index contributed by atoms with van der Waals surface area (Å²) in [7, 11) is 0. The molecule has 0 unspecified atom stereocenters. The van der Waals surface area contributed by atoms with Gasteiger partial charge in [-0.2, -0.15) is 0 Å². The van der Waals surface area contributed by atoms with E-state index in [2.05, 4.69) is 62.3 Å². The highest BCUT2D eigenvalue weighted by Gasteiger charge is 2.58. The summed E-state index contributed by atoms with van der Waals surface area (Å²) in [5.74, 6) is 0. The summed E-state index contributed by atoms with van der Waals surface area (Å²) in [6.07, 6.45) is 0. The topological polar surface area (TPSA) is 19.9 Å². The molecule has 0 saturated carbocycles. The first-order valence-corrected chi connectivity index (χ1v) is 5.45. The van der Waals surface area contributed by atoms with Gasteiger partial charge >= 0.3 is 0 Å². The zero-order valence-corrected chi connectivity index (χ0v) is 11.4. The number of rotatable bonds is 0. The van der Waals surface area contributed by atoms with Crippen LogP contribution in [-0.2, 0) is 5.11 Å². The van der Waals surface area contributed by atoms with E-state index in [0.29, 0.717) is 0 Å². The SMILES string of the molecule is CC(C)(C)C([O])(C(C)(C)C)C(C)(C)C. The molecular weight excluding hydrogens is 172 g/mol. The van der Waals surface area contributed by atoms with Crippen molar-refractivity contribution in [3.63, 3.8) is 0 Å². The molecule has 0 N–H and O–H groups in total. The summed E-state index contributed by atoms with van der Waals surface area (Å²) in [6, 6.07) is 0. The van der Waals surface area contributed by atoms with Gasteiger partial charge < -0.3 is 0 Å². The van der Waals surface area contributed by atoms with Gasteiger partial charge in [-0.15, -0.1) is 0 Å². The summed E-state index contributed by atoms with van der Waals surface area (Å²) in [5, 5.41) is 13.2. The van der Waals surface area contributed by atoms with Crippen molar-refractivity contribution in [3.8, 4) is 0 Å². The van der Waals surface area contributed by atoms with Crippen LogP contribution in [0.4, 0.5) is 0 Å². The van der Waals surface area contributed by atoms with Crippen LogP contribution >= 0.6 is 0 Å². The lowest BCUT2D eigenvalue weighted by Crippen LogP contribution is -2.60. The first-order valence-electron chi connectivity index (χ1n) is 5.45. The number of hydrogen-bond acceptors (Lipinski definition) is 0. The molecule has 1 nitrogen and oxygen atoms in total. The van der Waals surface area contributed by atoms with Gasteiger partial charge in [0.1, 0.15) is 5.60 Å². The molecule has 0 amide bonds. The lowest BCUT2D eigenvalue weighted by molar-refractivity contribution is -0.241. The van der Waals surface area contributed by atoms with Crippen LogP contribution in [0.25, 0.3) is 0 Å². The zero-order chi connectivity index (χ0) is 12.0. The lowest BCUT2D eigenvalue weighted by atomic mass is 9.52. The summed E-state index contributed by atoms with van der Waals surface area (Å²) < 4.78 is 0. The molecule has 0 bridgehead atoms. The molecule has 0 heterocycles. The quantitative estimate of drug-likeness (QED) is 0.554. The van der Waals surface area contributed by atoms with E-state index in [0.717, 1.165) is 0 Å². The van der Waals surface area contributed by atoms with Gasteiger partial charge in [-0.25, -0.2) is 5.11 Å². The van der Waals surface area contributed by atoms with E-state index < -0.39 is 5.60 Å². The maximum Gasteiger partial charge on any atom is 0.118 e. The first-order chi connectivity index (χ1) is 5.75. The van der Waals surface area contributed by atoms with E-state index in [1.165, 1.54) is 0 Å². The lowest BCUT2D eigenvalue weighted by Gasteiger charge is -2.55. The highest BCUT2D eigenvalue weighted by atomic mass is 16.3. The van der Waals surface area contributed by atoms with Crippen LogP contribution in [0.3, 0.4) is 0 Å². The largest absolute Gasteiger partial charge is 0.228 e. The third-order valence-corrected chi connectivity index (χ3v) is 3.17. The summed E-state index contributed by atoms with van der Waals surface area (Å²) >= 11 is 0. The zero-order valence-electron chi connectivity index (χ0n) is 11.4. The Bertz CT molecular complexity index is 159. The van der Waals surface area contributed by atoms with Crippen molar-refractivity contribution in [2.24, 2.45) is 16.2 Å². The van der Waals surface area contributed by atoms with Gasteiger partial charge in [0.25, 0.3) is 0 Å². The van der Waals surface area contributed by atoms with E-state index in [1.807, 2.05) is 0 Å². The van der Waals surface area contributed by atoms with Gasteiger partial charge in [-0.3, -0.25) is 0 Å². The average molecular weight is 199 g/mol. The molecule has 0 spiro atoms. The third-order valence-electron chi connectivity index (χ3n) is 3.17. The van der Waals surface area contributed by atoms with Gasteiger partial charge in [-0.05, 0) is 16.2 Å². The minimum absolute atomic E-state index is 0.233. The standard InChI is InChI=1S/C13H27O/c1-10(2,3)13(14,11(4,5)6)12(7,8)9/h1-9H3. The maximum absolute atomic E-state index is 13.2. The highest BCUT2D eigenvalue weighted by molar-refractivity contribution is 5.06. The molecule has 0 atom stereocenters. The molecule has 0 aromatic carbocycles. The molecule has 1 heteroatoms. The van der Waals surface area contributed by atoms with Gasteiger partial charge in [0.15, 0.2) is 0 Å². The molecule has 14 heavy (non-hydrogen) atoms. The second kappa shape index (κ2) is 3.23. The van der Waals surface area contributed by atoms with Crippen LogP contribution in [0, 0.1) is 16.2 Å². The van der Waals surface area contributed by atoms with Crippen molar-refractivity contribution in [1.82, 2.24) is 0 Å². The second-order valence-corrected chi connectivity index (χ2v) is 7.43. The molecule has 0 fully saturated rings. The third kappa shape index (κ3) is 1.98. The van der Waals surface area contributed by atoms with E-state index >= 15 is 0 Å². The molecule has 85 valence electrons. The smallest absolute Gasteiger partial charge is 0.118 e. The van der Waals surface area contributed by atoms with E-state index in [-0.39, 0.29) is 16.2 Å². The van der Waals surface area contributed by atoms with E-state index in [1.54, 1.807) is 0 Å². The normalized spacial score (nSPS) is 15.9. The Kier molecular flexibility index (Phi) is 3.22. The Hall–Kier alpha value is -0.0400. The van der Waals surface area contributed by atoms with Crippen LogP contribution in [0.1, 0.15) is 62.3 Å². The van der Waals surface area contributed by atoms with Gasteiger partial charge in [-0.1, -0.05) is 62.3 Å². The predicted octanol–water partition coefficient (Wildman–Crippen LogP) is 4.29. The molecule has 0 aromatic rings. The minimum Gasteiger partial charge on any atom is -0.228 e. The van der Waals surface area contributed by atoms with Crippen molar-refractivity contribution in [2.75, 3.05) is 0 Å². The molecular formula is C13H27O. The molecule has 0 aromatic heterocycles. The monoisotopic (exact) mass is 199 g/mol. The van der Waals surface area contributed by atoms with Crippen LogP contribution in [0.2, 0.25) is 0 Å². The minimum atomic E-state index is -0.938. The Labute approximate surface area is 89.9 Å². The van der Waals surface area contributed by atoms with Crippen LogP contribution < -0.4 is 0 Å². The number of hydrogen-bond donors (Lipinski definition) is 0. The fourth-order valence-corrected chi connectivity index (χ4v) is 3.38. The Balaban J connectivity index is 5.54. The van der Waals surface area contributed by atoms with Crippen molar-refractivity contribution in [3.05, 3.63) is 0 Å². The van der Waals surface area contributed by atoms with Crippen molar-refractivity contribution in [2.45, 2.75) is 67.9 Å². The van der Waals surface area contributed by atoms with Crippen LogP contribution in [-0.4, -0.2) is 5.60 Å². The fraction of sp³-hybridized carbons (Fsp3) is 1.00. The van der Waals surface area contributed by atoms with Crippen molar-refractivity contribution < 1.29 is 5.11 Å². The van der Waals surface area contributed by atoms with Crippen molar-refractivity contribution >= 4 is 0 Å². The average Bonchev–Trinajstić information content (AvgIpc) is 1.77. The predicted molar refractivity (Wildman–Crippen MR) is 61.8 cm³/mol. The molecule has 1 radical (unpaired) electrons. The summed E-state index contributed by atoms with van der Waals surface area (Å²) in [5.41, 5.74) is -1.64. The van der Waals surface area contributed by atoms with Crippen LogP contribution in [0.5, 0.6) is 0 Å². The molecule has 0 rings (SSSR count). The van der Waals surface area contributed by atoms with E-state index in [9.17, 15) is 5.11 Å². The van der Waals surface area contributed by atoms with Crippen molar-refractivity contribution in [1.29, 1.82) is 0 Å². The summed E-state index contributed by atoms with van der Waals surface area (Å²) in [4.78, 5) is 0.